The Bertz CT molecular complexity index is 3160. The first-order valence-electron chi connectivity index (χ1n) is 22.4. The van der Waals surface area contributed by atoms with Gasteiger partial charge in [-0.2, -0.15) is 0 Å². The van der Waals surface area contributed by atoms with Crippen LogP contribution < -0.4 is 37.9 Å². The van der Waals surface area contributed by atoms with Crippen LogP contribution in [0.1, 0.15) is 50.5 Å². The molecule has 72 heavy (non-hydrogen) atoms. The standard InChI is InChI=1S/C56H46N4O12/c1-29(61)69-45-21-9-33(25-49(45)65-5)53-37-13-15-39(57-37)54(34-10-22-46(70-30(2)62)50(26-34)66-6)41-17-19-43(59-41)56(36-12-24-48(72-32(4)64)52(28-36)68-8)44-20-18-42(60-44)55(40-16-14-38(53)58-40)35-11-23-47(71-31(3)63)51(27-35)67-7/h9-28,57,60H,1-8H3. The van der Waals surface area contributed by atoms with Gasteiger partial charge in [0.25, 0.3) is 0 Å². The molecular weight excluding hydrogens is 921 g/mol. The van der Waals surface area contributed by atoms with Crippen molar-refractivity contribution in [1.29, 1.82) is 0 Å². The highest BCUT2D eigenvalue weighted by Crippen LogP contribution is 2.43. The molecule has 2 aliphatic heterocycles. The Morgan fingerprint density at radius 1 is 0.333 bits per heavy atom. The summed E-state index contributed by atoms with van der Waals surface area (Å²) in [4.78, 5) is 66.5. The molecule has 2 N–H and O–H groups in total. The van der Waals surface area contributed by atoms with E-state index in [1.54, 1.807) is 48.5 Å². The van der Waals surface area contributed by atoms with E-state index in [1.165, 1.54) is 56.1 Å². The number of hydrogen-bond acceptors (Lipinski definition) is 14. The van der Waals surface area contributed by atoms with Crippen molar-refractivity contribution in [3.05, 3.63) is 120 Å². The lowest BCUT2D eigenvalue weighted by molar-refractivity contribution is -0.132. The van der Waals surface area contributed by atoms with Gasteiger partial charge < -0.3 is 47.9 Å². The van der Waals surface area contributed by atoms with Crippen LogP contribution in [0.2, 0.25) is 0 Å². The molecule has 0 fully saturated rings. The number of benzene rings is 4. The first-order chi connectivity index (χ1) is 34.7. The van der Waals surface area contributed by atoms with Crippen LogP contribution >= 0.6 is 0 Å². The zero-order valence-electron chi connectivity index (χ0n) is 40.3. The average Bonchev–Trinajstić information content (AvgIpc) is 4.21. The Hall–Kier alpha value is -9.44. The molecule has 0 unspecified atom stereocenters. The van der Waals surface area contributed by atoms with Crippen LogP contribution in [0.3, 0.4) is 0 Å². The van der Waals surface area contributed by atoms with Crippen molar-refractivity contribution in [3.63, 3.8) is 0 Å². The molecule has 7 aromatic rings. The Kier molecular flexibility index (Phi) is 13.2. The Morgan fingerprint density at radius 2 is 0.556 bits per heavy atom. The minimum absolute atomic E-state index is 0.241. The van der Waals surface area contributed by atoms with Gasteiger partial charge in [0, 0.05) is 72.0 Å². The van der Waals surface area contributed by atoms with Crippen LogP contribution in [0.4, 0.5) is 0 Å². The van der Waals surface area contributed by atoms with E-state index in [2.05, 4.69) is 9.97 Å². The molecule has 0 aliphatic carbocycles. The smallest absolute Gasteiger partial charge is 0.308 e. The molecule has 9 rings (SSSR count). The number of nitrogens with zero attached hydrogens (tertiary/aromatic N) is 2. The van der Waals surface area contributed by atoms with Gasteiger partial charge in [0.1, 0.15) is 0 Å². The number of methoxy groups -OCH3 is 4. The number of H-pyrrole nitrogens is 2. The molecular formula is C56H46N4O12. The maximum atomic E-state index is 12.1. The highest BCUT2D eigenvalue weighted by molar-refractivity contribution is 6.00. The van der Waals surface area contributed by atoms with Crippen molar-refractivity contribution in [2.45, 2.75) is 27.7 Å². The molecule has 4 aromatic carbocycles. The van der Waals surface area contributed by atoms with Gasteiger partial charge in [0.15, 0.2) is 46.0 Å². The van der Waals surface area contributed by atoms with Gasteiger partial charge in [-0.05, 0) is 119 Å². The third-order valence-corrected chi connectivity index (χ3v) is 11.6. The number of nitrogens with one attached hydrogen (secondary N) is 2. The average molecular weight is 967 g/mol. The van der Waals surface area contributed by atoms with Gasteiger partial charge in [-0.3, -0.25) is 19.2 Å². The molecule has 0 saturated heterocycles. The SMILES string of the molecule is COc1cc(-c2c3nc(c(-c4ccc(OC(C)=O)c(OC)c4)c4ccc([nH]4)c(-c4ccc(OC(C)=O)c(OC)c4)c4nc(c(-c5ccc(OC(C)=O)c(OC)c5)c5ccc2[nH]5)C=C4)C=C3)ccc1OC(C)=O. The molecule has 0 radical (unpaired) electrons. The summed E-state index contributed by atoms with van der Waals surface area (Å²) in [6, 6.07) is 28.8. The fourth-order valence-electron chi connectivity index (χ4n) is 8.67. The van der Waals surface area contributed by atoms with Crippen molar-refractivity contribution in [2.24, 2.45) is 0 Å². The lowest BCUT2D eigenvalue weighted by Gasteiger charge is -2.12. The van der Waals surface area contributed by atoms with Crippen molar-refractivity contribution in [2.75, 3.05) is 28.4 Å². The number of rotatable bonds is 12. The van der Waals surface area contributed by atoms with Gasteiger partial charge in [0.2, 0.25) is 0 Å². The second-order valence-electron chi connectivity index (χ2n) is 16.3. The summed E-state index contributed by atoms with van der Waals surface area (Å²) in [6.45, 7) is 5.27. The summed E-state index contributed by atoms with van der Waals surface area (Å²) in [5.74, 6) is 0.214. The number of ether oxygens (including phenoxy) is 8. The largest absolute Gasteiger partial charge is 0.493 e. The van der Waals surface area contributed by atoms with Crippen molar-refractivity contribution < 1.29 is 57.1 Å². The van der Waals surface area contributed by atoms with Crippen LogP contribution in [-0.4, -0.2) is 72.3 Å². The fourth-order valence-corrected chi connectivity index (χ4v) is 8.67. The molecule has 3 aromatic heterocycles. The molecule has 16 heteroatoms. The number of carbonyl (C=O) groups excluding carboxylic acids is 4. The molecule has 362 valence electrons. The van der Waals surface area contributed by atoms with Gasteiger partial charge in [-0.25, -0.2) is 9.97 Å². The zero-order valence-corrected chi connectivity index (χ0v) is 40.3. The molecule has 5 heterocycles. The summed E-state index contributed by atoms with van der Waals surface area (Å²) in [5, 5.41) is 0. The summed E-state index contributed by atoms with van der Waals surface area (Å²) in [7, 11) is 5.98. The number of carbonyl (C=O) groups is 4. The second-order valence-corrected chi connectivity index (χ2v) is 16.3. The van der Waals surface area contributed by atoms with Crippen molar-refractivity contribution in [1.82, 2.24) is 19.9 Å². The molecule has 2 aliphatic rings. The lowest BCUT2D eigenvalue weighted by atomic mass is 10.0. The van der Waals surface area contributed by atoms with E-state index < -0.39 is 23.9 Å². The van der Waals surface area contributed by atoms with Crippen LogP contribution in [0.5, 0.6) is 46.0 Å². The van der Waals surface area contributed by atoms with Crippen molar-refractivity contribution >= 4 is 70.2 Å². The van der Waals surface area contributed by atoms with E-state index in [0.29, 0.717) is 112 Å². The predicted octanol–water partition coefficient (Wildman–Crippen LogP) is 11.1. The van der Waals surface area contributed by atoms with Crippen LogP contribution in [0.15, 0.2) is 97.1 Å². The van der Waals surface area contributed by atoms with E-state index in [-0.39, 0.29) is 23.0 Å². The first-order valence-corrected chi connectivity index (χ1v) is 22.4. The van der Waals surface area contributed by atoms with E-state index >= 15 is 0 Å². The zero-order chi connectivity index (χ0) is 50.8. The van der Waals surface area contributed by atoms with Gasteiger partial charge in [0.05, 0.1) is 51.2 Å². The maximum absolute atomic E-state index is 12.1. The number of fused-ring (bicyclic) bond motifs is 8. The Labute approximate surface area is 412 Å². The monoisotopic (exact) mass is 966 g/mol. The topological polar surface area (TPSA) is 199 Å². The third-order valence-electron chi connectivity index (χ3n) is 11.6. The molecule has 8 bridgehead atoms. The molecule has 0 saturated carbocycles. The Balaban J connectivity index is 1.44. The van der Waals surface area contributed by atoms with E-state index in [9.17, 15) is 19.2 Å². The number of esters is 4. The minimum atomic E-state index is -0.505. The molecule has 16 nitrogen and oxygen atoms in total. The highest BCUT2D eigenvalue weighted by atomic mass is 16.6. The van der Waals surface area contributed by atoms with Gasteiger partial charge in [-0.15, -0.1) is 0 Å². The highest BCUT2D eigenvalue weighted by Gasteiger charge is 2.23. The summed E-state index contributed by atoms with van der Waals surface area (Å²) in [6.07, 6.45) is 7.64. The van der Waals surface area contributed by atoms with Gasteiger partial charge >= 0.3 is 23.9 Å². The molecule has 0 amide bonds. The molecule has 0 atom stereocenters. The van der Waals surface area contributed by atoms with Crippen LogP contribution in [0, 0.1) is 0 Å². The normalized spacial score (nSPS) is 11.4. The third kappa shape index (κ3) is 9.48. The van der Waals surface area contributed by atoms with Gasteiger partial charge in [-0.1, -0.05) is 24.3 Å². The lowest BCUT2D eigenvalue weighted by Crippen LogP contribution is -2.03. The minimum Gasteiger partial charge on any atom is -0.493 e. The number of hydrogen-bond donors (Lipinski definition) is 2. The fraction of sp³-hybridized carbons (Fsp3) is 0.143. The Morgan fingerprint density at radius 3 is 0.750 bits per heavy atom. The van der Waals surface area contributed by atoms with E-state index in [1.807, 2.05) is 72.8 Å². The van der Waals surface area contributed by atoms with E-state index in [0.717, 1.165) is 0 Å². The summed E-state index contributed by atoms with van der Waals surface area (Å²) >= 11 is 0. The quantitative estimate of drug-likeness (QED) is 0.0865. The summed E-state index contributed by atoms with van der Waals surface area (Å²) < 4.78 is 45.0. The number of aromatic amines is 2. The predicted molar refractivity (Wildman–Crippen MR) is 272 cm³/mol. The maximum Gasteiger partial charge on any atom is 0.308 e. The second kappa shape index (κ2) is 19.9. The number of aromatic nitrogens is 4. The van der Waals surface area contributed by atoms with Crippen molar-refractivity contribution in [3.8, 4) is 90.5 Å². The summed E-state index contributed by atoms with van der Waals surface area (Å²) in [5.41, 5.74) is 10.2. The first kappa shape index (κ1) is 47.6. The van der Waals surface area contributed by atoms with Crippen LogP contribution in [-0.2, 0) is 19.2 Å². The van der Waals surface area contributed by atoms with Crippen LogP contribution in [0.25, 0.3) is 90.9 Å². The van der Waals surface area contributed by atoms with E-state index in [4.69, 9.17) is 47.9 Å². The molecule has 0 spiro atoms.